The van der Waals surface area contributed by atoms with Crippen molar-refractivity contribution in [3.63, 3.8) is 0 Å². The first-order valence-electron chi connectivity index (χ1n) is 13.1. The molecule has 0 aromatic heterocycles. The minimum absolute atomic E-state index is 0.227. The molecule has 0 unspecified atom stereocenters. The van der Waals surface area contributed by atoms with Crippen LogP contribution in [0.1, 0.15) is 22.3 Å². The Morgan fingerprint density at radius 2 is 1.62 bits per heavy atom. The van der Waals surface area contributed by atoms with Gasteiger partial charge in [0.1, 0.15) is 5.75 Å². The van der Waals surface area contributed by atoms with Crippen molar-refractivity contribution in [3.05, 3.63) is 122 Å². The number of carbonyl (C=O) groups is 2. The number of aliphatic imine (C=N–C) groups is 1. The first-order chi connectivity index (χ1) is 20.2. The Morgan fingerprint density at radius 3 is 2.31 bits per heavy atom. The van der Waals surface area contributed by atoms with Gasteiger partial charge in [-0.2, -0.15) is 0 Å². The van der Waals surface area contributed by atoms with Crippen LogP contribution >= 0.6 is 35.0 Å². The summed E-state index contributed by atoms with van der Waals surface area (Å²) in [6.45, 7) is 5.64. The molecule has 0 saturated carbocycles. The number of rotatable bonds is 7. The molecule has 0 aliphatic carbocycles. The van der Waals surface area contributed by atoms with Crippen LogP contribution in [0.2, 0.25) is 10.0 Å². The Kier molecular flexibility index (Phi) is 9.02. The smallest absolute Gasteiger partial charge is 0.271 e. The summed E-state index contributed by atoms with van der Waals surface area (Å²) in [5.74, 6) is -0.175. The molecule has 1 heterocycles. The van der Waals surface area contributed by atoms with Crippen LogP contribution in [0, 0.1) is 20.8 Å². The predicted octanol–water partition coefficient (Wildman–Crippen LogP) is 8.74. The van der Waals surface area contributed by atoms with Crippen LogP contribution in [0.4, 0.5) is 17.1 Å². The zero-order chi connectivity index (χ0) is 29.8. The molecule has 0 spiro atoms. The van der Waals surface area contributed by atoms with Gasteiger partial charge in [-0.3, -0.25) is 14.5 Å². The molecule has 1 saturated heterocycles. The minimum atomic E-state index is -0.354. The lowest BCUT2D eigenvalue weighted by Gasteiger charge is -2.16. The van der Waals surface area contributed by atoms with Crippen LogP contribution in [-0.2, 0) is 9.59 Å². The Hall–Kier alpha value is -4.04. The van der Waals surface area contributed by atoms with Crippen LogP contribution in [0.5, 0.6) is 5.75 Å². The molecule has 0 bridgehead atoms. The molecule has 42 heavy (non-hydrogen) atoms. The van der Waals surface area contributed by atoms with Gasteiger partial charge in [-0.1, -0.05) is 64.7 Å². The average molecular weight is 617 g/mol. The van der Waals surface area contributed by atoms with Crippen LogP contribution in [0.3, 0.4) is 0 Å². The summed E-state index contributed by atoms with van der Waals surface area (Å²) in [6.07, 6.45) is 1.71. The molecule has 5 rings (SSSR count). The van der Waals surface area contributed by atoms with Gasteiger partial charge in [0, 0.05) is 21.3 Å². The third-order valence-corrected chi connectivity index (χ3v) is 8.04. The summed E-state index contributed by atoms with van der Waals surface area (Å²) in [4.78, 5) is 33.2. The first kappa shape index (κ1) is 29.5. The number of amidine groups is 1. The monoisotopic (exact) mass is 615 g/mol. The fourth-order valence-electron chi connectivity index (χ4n) is 4.12. The maximum Gasteiger partial charge on any atom is 0.271 e. The lowest BCUT2D eigenvalue weighted by Crippen LogP contribution is -2.28. The third kappa shape index (κ3) is 7.05. The van der Waals surface area contributed by atoms with Crippen molar-refractivity contribution in [1.82, 2.24) is 0 Å². The van der Waals surface area contributed by atoms with Crippen molar-refractivity contribution < 1.29 is 14.3 Å². The van der Waals surface area contributed by atoms with E-state index < -0.39 is 0 Å². The minimum Gasteiger partial charge on any atom is -0.483 e. The van der Waals surface area contributed by atoms with E-state index in [1.54, 1.807) is 41.3 Å². The van der Waals surface area contributed by atoms with Crippen molar-refractivity contribution in [1.29, 1.82) is 0 Å². The van der Waals surface area contributed by atoms with Crippen LogP contribution < -0.4 is 15.0 Å². The molecule has 2 amide bonds. The number of carbonyl (C=O) groups excluding carboxylic acids is 2. The van der Waals surface area contributed by atoms with Crippen molar-refractivity contribution >= 4 is 75.1 Å². The SMILES string of the molecule is Cc1ccc(N=C2S/C(=C\c3cc(Cl)ccc3OCC(=O)Nc3ccc(C)c(Cl)c3)C(=O)N2c2ccc(C)cc2)cc1. The highest BCUT2D eigenvalue weighted by Gasteiger charge is 2.35. The first-order valence-corrected chi connectivity index (χ1v) is 14.7. The van der Waals surface area contributed by atoms with Gasteiger partial charge in [-0.15, -0.1) is 0 Å². The van der Waals surface area contributed by atoms with Gasteiger partial charge >= 0.3 is 0 Å². The Balaban J connectivity index is 1.42. The lowest BCUT2D eigenvalue weighted by atomic mass is 10.1. The number of nitrogens with one attached hydrogen (secondary N) is 1. The summed E-state index contributed by atoms with van der Waals surface area (Å²) in [5, 5.41) is 4.33. The molecule has 1 aliphatic rings. The van der Waals surface area contributed by atoms with Crippen LogP contribution in [-0.4, -0.2) is 23.6 Å². The van der Waals surface area contributed by atoms with Gasteiger partial charge < -0.3 is 10.1 Å². The second-order valence-corrected chi connectivity index (χ2v) is 11.7. The number of amides is 2. The lowest BCUT2D eigenvalue weighted by molar-refractivity contribution is -0.118. The Bertz CT molecular complexity index is 1720. The standard InChI is InChI=1S/C33H27Cl2N3O3S/c1-20-4-10-25(11-5-20)37-33-38(27-13-6-21(2)7-14-27)32(40)30(42-33)17-23-16-24(34)9-15-29(23)41-19-31(39)36-26-12-8-22(3)28(35)18-26/h4-18H,19H2,1-3H3,(H,36,39)/b30-17-,37-33?. The maximum atomic E-state index is 13.8. The van der Waals surface area contributed by atoms with E-state index in [0.29, 0.717) is 42.8 Å². The van der Waals surface area contributed by atoms with Crippen molar-refractivity contribution in [3.8, 4) is 5.75 Å². The van der Waals surface area contributed by atoms with Crippen LogP contribution in [0.25, 0.3) is 6.08 Å². The number of anilines is 2. The van der Waals surface area contributed by atoms with Crippen molar-refractivity contribution in [2.75, 3.05) is 16.8 Å². The van der Waals surface area contributed by atoms with E-state index in [1.165, 1.54) is 11.8 Å². The zero-order valence-corrected chi connectivity index (χ0v) is 25.5. The summed E-state index contributed by atoms with van der Waals surface area (Å²) in [7, 11) is 0. The number of hydrogen-bond donors (Lipinski definition) is 1. The fraction of sp³-hybridized carbons (Fsp3) is 0.121. The number of thioether (sulfide) groups is 1. The molecule has 1 N–H and O–H groups in total. The molecule has 0 atom stereocenters. The number of ether oxygens (including phenoxy) is 1. The second-order valence-electron chi connectivity index (χ2n) is 9.80. The Labute approximate surface area is 259 Å². The number of aryl methyl sites for hydroxylation is 3. The second kappa shape index (κ2) is 12.9. The third-order valence-electron chi connectivity index (χ3n) is 6.43. The molecule has 4 aromatic rings. The van der Waals surface area contributed by atoms with E-state index in [2.05, 4.69) is 5.32 Å². The molecule has 212 valence electrons. The van der Waals surface area contributed by atoms with Crippen molar-refractivity contribution in [2.24, 2.45) is 4.99 Å². The highest BCUT2D eigenvalue weighted by molar-refractivity contribution is 8.19. The largest absolute Gasteiger partial charge is 0.483 e. The zero-order valence-electron chi connectivity index (χ0n) is 23.2. The quantitative estimate of drug-likeness (QED) is 0.211. The highest BCUT2D eigenvalue weighted by atomic mass is 35.5. The predicted molar refractivity (Wildman–Crippen MR) is 174 cm³/mol. The van der Waals surface area contributed by atoms with Gasteiger partial charge in [0.05, 0.1) is 16.3 Å². The molecule has 4 aromatic carbocycles. The van der Waals surface area contributed by atoms with E-state index >= 15 is 0 Å². The Morgan fingerprint density at radius 1 is 0.929 bits per heavy atom. The molecule has 6 nitrogen and oxygen atoms in total. The average Bonchev–Trinajstić information content (AvgIpc) is 3.26. The number of hydrogen-bond acceptors (Lipinski definition) is 5. The number of benzene rings is 4. The molecule has 0 radical (unpaired) electrons. The van der Waals surface area contributed by atoms with E-state index in [9.17, 15) is 9.59 Å². The van der Waals surface area contributed by atoms with E-state index in [-0.39, 0.29) is 18.4 Å². The van der Waals surface area contributed by atoms with Gasteiger partial charge in [0.15, 0.2) is 11.8 Å². The summed E-state index contributed by atoms with van der Waals surface area (Å²) >= 11 is 13.8. The van der Waals surface area contributed by atoms with E-state index in [1.807, 2.05) is 75.4 Å². The summed E-state index contributed by atoms with van der Waals surface area (Å²) < 4.78 is 5.87. The number of nitrogens with zero attached hydrogens (tertiary/aromatic N) is 2. The van der Waals surface area contributed by atoms with Crippen LogP contribution in [0.15, 0.2) is 94.8 Å². The topological polar surface area (TPSA) is 71.0 Å². The van der Waals surface area contributed by atoms with Gasteiger partial charge in [-0.25, -0.2) is 4.99 Å². The maximum absolute atomic E-state index is 13.8. The van der Waals surface area contributed by atoms with Gasteiger partial charge in [0.2, 0.25) is 0 Å². The fourth-order valence-corrected chi connectivity index (χ4v) is 5.47. The van der Waals surface area contributed by atoms with Gasteiger partial charge in [-0.05, 0) is 98.8 Å². The highest BCUT2D eigenvalue weighted by Crippen LogP contribution is 2.39. The van der Waals surface area contributed by atoms with E-state index in [0.717, 1.165) is 22.4 Å². The molecular weight excluding hydrogens is 589 g/mol. The van der Waals surface area contributed by atoms with E-state index in [4.69, 9.17) is 32.9 Å². The summed E-state index contributed by atoms with van der Waals surface area (Å²) in [5.41, 5.74) is 5.70. The number of halogens is 2. The molecule has 9 heteroatoms. The molecular formula is C33H27Cl2N3O3S. The normalized spacial score (nSPS) is 15.0. The molecule has 1 fully saturated rings. The summed E-state index contributed by atoms with van der Waals surface area (Å²) in [6, 6.07) is 25.8. The molecule has 1 aliphatic heterocycles. The van der Waals surface area contributed by atoms with Crippen molar-refractivity contribution in [2.45, 2.75) is 20.8 Å². The van der Waals surface area contributed by atoms with Gasteiger partial charge in [0.25, 0.3) is 11.8 Å².